The van der Waals surface area contributed by atoms with Gasteiger partial charge in [0.25, 0.3) is 0 Å². The Morgan fingerprint density at radius 1 is 1.17 bits per heavy atom. The van der Waals surface area contributed by atoms with Gasteiger partial charge in [0.1, 0.15) is 11.4 Å². The molecule has 3 rings (SSSR count). The van der Waals surface area contributed by atoms with Gasteiger partial charge in [-0.25, -0.2) is 4.79 Å². The molecule has 1 N–H and O–H groups in total. The molecule has 1 fully saturated rings. The minimum Gasteiger partial charge on any atom is -0.508 e. The third kappa shape index (κ3) is 3.02. The third-order valence-electron chi connectivity index (χ3n) is 4.58. The van der Waals surface area contributed by atoms with Gasteiger partial charge < -0.3 is 14.7 Å². The van der Waals surface area contributed by atoms with Crippen molar-refractivity contribution in [3.63, 3.8) is 0 Å². The van der Waals surface area contributed by atoms with Gasteiger partial charge in [-0.1, -0.05) is 42.5 Å². The first-order valence-electron chi connectivity index (χ1n) is 7.84. The van der Waals surface area contributed by atoms with Crippen molar-refractivity contribution < 1.29 is 14.6 Å². The first-order valence-corrected chi connectivity index (χ1v) is 7.84. The Hall–Kier alpha value is -2.49. The number of aromatic hydroxyl groups is 1. The van der Waals surface area contributed by atoms with E-state index in [-0.39, 0.29) is 17.9 Å². The fraction of sp³-hybridized carbons (Fsp3) is 0.316. The number of phenolic OH excluding ortho intramolecular Hbond substituents is 1. The molecule has 23 heavy (non-hydrogen) atoms. The maximum atomic E-state index is 12.5. The number of rotatable bonds is 3. The maximum absolute atomic E-state index is 12.5. The monoisotopic (exact) mass is 311 g/mol. The van der Waals surface area contributed by atoms with Crippen molar-refractivity contribution in [1.82, 2.24) is 4.90 Å². The Bertz CT molecular complexity index is 701. The zero-order valence-electron chi connectivity index (χ0n) is 13.4. The van der Waals surface area contributed by atoms with E-state index in [0.29, 0.717) is 6.54 Å². The predicted molar refractivity (Wildman–Crippen MR) is 88.1 cm³/mol. The van der Waals surface area contributed by atoms with Crippen LogP contribution < -0.4 is 0 Å². The van der Waals surface area contributed by atoms with Gasteiger partial charge in [-0.2, -0.15) is 0 Å². The Balaban J connectivity index is 1.78. The summed E-state index contributed by atoms with van der Waals surface area (Å²) < 4.78 is 5.77. The average molecular weight is 311 g/mol. The minimum atomic E-state index is -0.590. The van der Waals surface area contributed by atoms with Crippen LogP contribution in [0.4, 0.5) is 4.79 Å². The molecule has 0 bridgehead atoms. The molecule has 120 valence electrons. The fourth-order valence-corrected chi connectivity index (χ4v) is 3.04. The van der Waals surface area contributed by atoms with Crippen LogP contribution in [0.5, 0.6) is 5.75 Å². The molecule has 1 aliphatic rings. The summed E-state index contributed by atoms with van der Waals surface area (Å²) in [6.07, 6.45) is 0.407. The molecular formula is C19H21NO3. The highest BCUT2D eigenvalue weighted by molar-refractivity contribution is 5.70. The van der Waals surface area contributed by atoms with E-state index >= 15 is 0 Å². The number of carbonyl (C=O) groups is 1. The first kappa shape index (κ1) is 15.4. The Labute approximate surface area is 136 Å². The molecule has 1 amide bonds. The summed E-state index contributed by atoms with van der Waals surface area (Å²) in [5.74, 6) is 0.203. The second-order valence-corrected chi connectivity index (χ2v) is 6.18. The van der Waals surface area contributed by atoms with Crippen molar-refractivity contribution in [2.75, 3.05) is 6.54 Å². The zero-order chi connectivity index (χ0) is 16.4. The number of hydrogen-bond donors (Lipinski definition) is 1. The molecule has 1 heterocycles. The lowest BCUT2D eigenvalue weighted by Crippen LogP contribution is -2.47. The summed E-state index contributed by atoms with van der Waals surface area (Å²) in [7, 11) is 0. The van der Waals surface area contributed by atoms with Gasteiger partial charge in [0, 0.05) is 13.0 Å². The highest BCUT2D eigenvalue weighted by Gasteiger charge is 2.39. The molecule has 0 spiro atoms. The molecule has 2 aromatic carbocycles. The average Bonchev–Trinajstić information content (AvgIpc) is 2.55. The molecule has 2 aromatic rings. The van der Waals surface area contributed by atoms with Crippen LogP contribution in [0.25, 0.3) is 0 Å². The van der Waals surface area contributed by atoms with Crippen molar-refractivity contribution in [3.8, 4) is 5.75 Å². The van der Waals surface area contributed by atoms with Gasteiger partial charge in [0.05, 0.1) is 6.04 Å². The smallest absolute Gasteiger partial charge is 0.411 e. The van der Waals surface area contributed by atoms with Crippen LogP contribution in [-0.2, 0) is 10.3 Å². The van der Waals surface area contributed by atoms with Crippen molar-refractivity contribution >= 4 is 6.09 Å². The van der Waals surface area contributed by atoms with E-state index in [9.17, 15) is 9.90 Å². The molecular weight excluding hydrogens is 290 g/mol. The van der Waals surface area contributed by atoms with Crippen molar-refractivity contribution in [3.05, 3.63) is 65.7 Å². The van der Waals surface area contributed by atoms with E-state index in [1.165, 1.54) is 0 Å². The van der Waals surface area contributed by atoms with E-state index in [4.69, 9.17) is 4.74 Å². The standard InChI is InChI=1S/C19H21NO3/c1-14(15-7-6-10-17(21)13-15)20-12-11-19(2,23-18(20)22)16-8-4-3-5-9-16/h3-10,13-14,21H,11-12H2,1-2H3/t14-,19-/m0/s1. The number of cyclic esters (lactones) is 1. The predicted octanol–water partition coefficient (Wildman–Crippen LogP) is 4.21. The van der Waals surface area contributed by atoms with Crippen molar-refractivity contribution in [2.45, 2.75) is 31.9 Å². The Morgan fingerprint density at radius 3 is 2.57 bits per heavy atom. The van der Waals surface area contributed by atoms with Crippen molar-refractivity contribution in [2.24, 2.45) is 0 Å². The van der Waals surface area contributed by atoms with Gasteiger partial charge >= 0.3 is 6.09 Å². The van der Waals surface area contributed by atoms with Gasteiger partial charge in [-0.05, 0) is 37.1 Å². The first-order chi connectivity index (χ1) is 11.0. The van der Waals surface area contributed by atoms with Crippen molar-refractivity contribution in [1.29, 1.82) is 0 Å². The van der Waals surface area contributed by atoms with Crippen LogP contribution in [0.3, 0.4) is 0 Å². The van der Waals surface area contributed by atoms with Gasteiger partial charge in [0.2, 0.25) is 0 Å². The summed E-state index contributed by atoms with van der Waals surface area (Å²) in [6, 6.07) is 16.7. The quantitative estimate of drug-likeness (QED) is 0.923. The second-order valence-electron chi connectivity index (χ2n) is 6.18. The largest absolute Gasteiger partial charge is 0.508 e. The van der Waals surface area contributed by atoms with E-state index in [1.54, 1.807) is 23.1 Å². The lowest BCUT2D eigenvalue weighted by atomic mass is 9.90. The number of carbonyl (C=O) groups excluding carboxylic acids is 1. The molecule has 0 radical (unpaired) electrons. The summed E-state index contributed by atoms with van der Waals surface area (Å²) in [5, 5.41) is 9.62. The summed E-state index contributed by atoms with van der Waals surface area (Å²) >= 11 is 0. The number of hydrogen-bond acceptors (Lipinski definition) is 3. The van der Waals surface area contributed by atoms with Gasteiger partial charge in [-0.3, -0.25) is 0 Å². The molecule has 2 atom stereocenters. The summed E-state index contributed by atoms with van der Waals surface area (Å²) in [4.78, 5) is 14.2. The molecule has 4 heteroatoms. The SMILES string of the molecule is C[C@@H](c1cccc(O)c1)N1CC[C@@](C)(c2ccccc2)OC1=O. The lowest BCUT2D eigenvalue weighted by molar-refractivity contribution is -0.0491. The zero-order valence-corrected chi connectivity index (χ0v) is 13.4. The number of nitrogens with zero attached hydrogens (tertiary/aromatic N) is 1. The highest BCUT2D eigenvalue weighted by atomic mass is 16.6. The molecule has 4 nitrogen and oxygen atoms in total. The van der Waals surface area contributed by atoms with Crippen LogP contribution in [0.2, 0.25) is 0 Å². The molecule has 0 aliphatic carbocycles. The Morgan fingerprint density at radius 2 is 1.91 bits per heavy atom. The van der Waals surface area contributed by atoms with Crippen LogP contribution in [0, 0.1) is 0 Å². The van der Waals surface area contributed by atoms with E-state index in [2.05, 4.69) is 0 Å². The summed E-state index contributed by atoms with van der Waals surface area (Å²) in [5.41, 5.74) is 1.32. The number of ether oxygens (including phenoxy) is 1. The van der Waals surface area contributed by atoms with Crippen LogP contribution >= 0.6 is 0 Å². The van der Waals surface area contributed by atoms with Gasteiger partial charge in [-0.15, -0.1) is 0 Å². The van der Waals surface area contributed by atoms with E-state index in [1.807, 2.05) is 50.2 Å². The van der Waals surface area contributed by atoms with E-state index < -0.39 is 5.60 Å². The summed E-state index contributed by atoms with van der Waals surface area (Å²) in [6.45, 7) is 4.51. The number of benzene rings is 2. The number of phenols is 1. The second kappa shape index (κ2) is 5.95. The fourth-order valence-electron chi connectivity index (χ4n) is 3.04. The molecule has 0 saturated carbocycles. The van der Waals surface area contributed by atoms with Crippen LogP contribution in [0.15, 0.2) is 54.6 Å². The normalized spacial score (nSPS) is 22.5. The molecule has 0 unspecified atom stereocenters. The van der Waals surface area contributed by atoms with E-state index in [0.717, 1.165) is 17.5 Å². The van der Waals surface area contributed by atoms with Crippen LogP contribution in [0.1, 0.15) is 37.4 Å². The molecule has 1 saturated heterocycles. The van der Waals surface area contributed by atoms with Gasteiger partial charge in [0.15, 0.2) is 0 Å². The highest BCUT2D eigenvalue weighted by Crippen LogP contribution is 2.36. The Kier molecular flexibility index (Phi) is 3.99. The maximum Gasteiger partial charge on any atom is 0.411 e. The third-order valence-corrected chi connectivity index (χ3v) is 4.58. The number of amides is 1. The van der Waals surface area contributed by atoms with Crippen LogP contribution in [-0.4, -0.2) is 22.6 Å². The lowest BCUT2D eigenvalue weighted by Gasteiger charge is -2.41. The minimum absolute atomic E-state index is 0.144. The molecule has 0 aromatic heterocycles. The topological polar surface area (TPSA) is 49.8 Å². The molecule has 1 aliphatic heterocycles.